The van der Waals surface area contributed by atoms with Crippen LogP contribution in [0.2, 0.25) is 0 Å². The topological polar surface area (TPSA) is 78.3 Å². The number of nitrogens with zero attached hydrogens (tertiary/aromatic N) is 5. The summed E-state index contributed by atoms with van der Waals surface area (Å²) >= 11 is 0. The van der Waals surface area contributed by atoms with Gasteiger partial charge in [0.2, 0.25) is 0 Å². The third kappa shape index (κ3) is 2.36. The Hall–Kier alpha value is -3.74. The van der Waals surface area contributed by atoms with Crippen molar-refractivity contribution < 1.29 is 9.26 Å². The molecule has 5 aromatic rings. The molecule has 0 unspecified atom stereocenters. The average molecular weight is 357 g/mol. The van der Waals surface area contributed by atoms with Crippen LogP contribution in [0.5, 0.6) is 5.75 Å². The second kappa shape index (κ2) is 5.91. The highest BCUT2D eigenvalue weighted by atomic mass is 16.5. The van der Waals surface area contributed by atoms with Crippen molar-refractivity contribution in [3.8, 4) is 28.4 Å². The summed E-state index contributed by atoms with van der Waals surface area (Å²) < 4.78 is 12.5. The van der Waals surface area contributed by atoms with Crippen LogP contribution in [0.15, 0.2) is 59.3 Å². The number of aryl methyl sites for hydroxylation is 1. The van der Waals surface area contributed by atoms with E-state index in [9.17, 15) is 0 Å². The fourth-order valence-electron chi connectivity index (χ4n) is 3.24. The standard InChI is InChI=1S/C20H15N5O2/c1-12-17(18(24-27-12)13-6-4-3-5-7-13)20-23-22-19-16-9-8-15(26-2)10-14(16)11-21-25(19)20/h3-11H,1-2H3. The average Bonchev–Trinajstić information content (AvgIpc) is 3.31. The van der Waals surface area contributed by atoms with Crippen LogP contribution in [-0.2, 0) is 0 Å². The Morgan fingerprint density at radius 3 is 2.70 bits per heavy atom. The smallest absolute Gasteiger partial charge is 0.191 e. The highest BCUT2D eigenvalue weighted by Gasteiger charge is 2.22. The van der Waals surface area contributed by atoms with Crippen molar-refractivity contribution in [2.45, 2.75) is 6.92 Å². The quantitative estimate of drug-likeness (QED) is 0.487. The molecule has 0 aliphatic rings. The van der Waals surface area contributed by atoms with E-state index in [-0.39, 0.29) is 0 Å². The summed E-state index contributed by atoms with van der Waals surface area (Å²) in [6, 6.07) is 15.6. The zero-order valence-corrected chi connectivity index (χ0v) is 14.7. The lowest BCUT2D eigenvalue weighted by atomic mass is 10.1. The number of benzene rings is 2. The van der Waals surface area contributed by atoms with Gasteiger partial charge in [0.25, 0.3) is 0 Å². The molecule has 0 saturated carbocycles. The molecule has 3 aromatic heterocycles. The summed E-state index contributed by atoms with van der Waals surface area (Å²) in [4.78, 5) is 0. The number of fused-ring (bicyclic) bond motifs is 3. The van der Waals surface area contributed by atoms with Gasteiger partial charge in [-0.2, -0.15) is 9.61 Å². The second-order valence-corrected chi connectivity index (χ2v) is 6.19. The molecule has 7 heteroatoms. The molecular weight excluding hydrogens is 342 g/mol. The third-order valence-corrected chi connectivity index (χ3v) is 4.59. The Bertz CT molecular complexity index is 1270. The first-order valence-corrected chi connectivity index (χ1v) is 8.46. The lowest BCUT2D eigenvalue weighted by Crippen LogP contribution is -1.97. The van der Waals surface area contributed by atoms with E-state index in [2.05, 4.69) is 20.5 Å². The molecule has 0 atom stereocenters. The van der Waals surface area contributed by atoms with Crippen molar-refractivity contribution in [2.75, 3.05) is 7.11 Å². The summed E-state index contributed by atoms with van der Waals surface area (Å²) in [6.45, 7) is 1.86. The molecule has 132 valence electrons. The molecule has 0 radical (unpaired) electrons. The van der Waals surface area contributed by atoms with E-state index in [0.717, 1.165) is 33.3 Å². The zero-order valence-electron chi connectivity index (χ0n) is 14.7. The van der Waals surface area contributed by atoms with Gasteiger partial charge in [0.15, 0.2) is 11.5 Å². The maximum absolute atomic E-state index is 5.47. The number of hydrogen-bond acceptors (Lipinski definition) is 6. The van der Waals surface area contributed by atoms with E-state index in [4.69, 9.17) is 9.26 Å². The molecule has 0 fully saturated rings. The van der Waals surface area contributed by atoms with E-state index < -0.39 is 0 Å². The number of aromatic nitrogens is 5. The van der Waals surface area contributed by atoms with Crippen molar-refractivity contribution >= 4 is 16.4 Å². The van der Waals surface area contributed by atoms with Gasteiger partial charge in [-0.1, -0.05) is 35.5 Å². The van der Waals surface area contributed by atoms with Crippen LogP contribution in [0.25, 0.3) is 39.1 Å². The highest BCUT2D eigenvalue weighted by Crippen LogP contribution is 2.34. The molecule has 7 nitrogen and oxygen atoms in total. The fourth-order valence-corrected chi connectivity index (χ4v) is 3.24. The molecule has 3 heterocycles. The minimum absolute atomic E-state index is 0.598. The summed E-state index contributed by atoms with van der Waals surface area (Å²) in [5.41, 5.74) is 3.13. The van der Waals surface area contributed by atoms with Crippen LogP contribution < -0.4 is 4.74 Å². The minimum Gasteiger partial charge on any atom is -0.497 e. The van der Waals surface area contributed by atoms with Gasteiger partial charge in [-0.3, -0.25) is 0 Å². The molecule has 2 aromatic carbocycles. The predicted molar refractivity (Wildman–Crippen MR) is 101 cm³/mol. The van der Waals surface area contributed by atoms with Gasteiger partial charge in [-0.25, -0.2) is 0 Å². The lowest BCUT2D eigenvalue weighted by molar-refractivity contribution is 0.400. The minimum atomic E-state index is 0.598. The van der Waals surface area contributed by atoms with Crippen molar-refractivity contribution in [2.24, 2.45) is 0 Å². The summed E-state index contributed by atoms with van der Waals surface area (Å²) in [6.07, 6.45) is 1.78. The lowest BCUT2D eigenvalue weighted by Gasteiger charge is -2.04. The normalized spacial score (nSPS) is 11.3. The van der Waals surface area contributed by atoms with Crippen LogP contribution in [-0.4, -0.2) is 32.1 Å². The van der Waals surface area contributed by atoms with Gasteiger partial charge in [0, 0.05) is 16.3 Å². The van der Waals surface area contributed by atoms with Crippen LogP contribution in [0.3, 0.4) is 0 Å². The molecule has 0 spiro atoms. The number of hydrogen-bond donors (Lipinski definition) is 0. The van der Waals surface area contributed by atoms with Gasteiger partial charge in [-0.05, 0) is 25.1 Å². The molecule has 0 aliphatic heterocycles. The van der Waals surface area contributed by atoms with Gasteiger partial charge in [0.1, 0.15) is 17.2 Å². The monoisotopic (exact) mass is 357 g/mol. The van der Waals surface area contributed by atoms with Crippen LogP contribution in [0.4, 0.5) is 0 Å². The number of methoxy groups -OCH3 is 1. The maximum atomic E-state index is 5.47. The van der Waals surface area contributed by atoms with Crippen LogP contribution in [0.1, 0.15) is 5.76 Å². The SMILES string of the molecule is COc1ccc2c(cnn3c(-c4c(-c5ccccc5)noc4C)nnc23)c1. The molecule has 0 amide bonds. The van der Waals surface area contributed by atoms with E-state index in [1.807, 2.05) is 55.5 Å². The maximum Gasteiger partial charge on any atom is 0.191 e. The van der Waals surface area contributed by atoms with Crippen molar-refractivity contribution in [1.82, 2.24) is 25.0 Å². The van der Waals surface area contributed by atoms with Crippen molar-refractivity contribution in [3.63, 3.8) is 0 Å². The molecule has 0 bridgehead atoms. The highest BCUT2D eigenvalue weighted by molar-refractivity contribution is 5.94. The Morgan fingerprint density at radius 1 is 1.04 bits per heavy atom. The summed E-state index contributed by atoms with van der Waals surface area (Å²) in [7, 11) is 1.64. The Kier molecular flexibility index (Phi) is 3.39. The molecule has 0 saturated heterocycles. The molecule has 27 heavy (non-hydrogen) atoms. The van der Waals surface area contributed by atoms with E-state index in [1.165, 1.54) is 0 Å². The Labute approximate surface area is 154 Å². The van der Waals surface area contributed by atoms with Crippen molar-refractivity contribution in [1.29, 1.82) is 0 Å². The molecule has 5 rings (SSSR count). The van der Waals surface area contributed by atoms with E-state index >= 15 is 0 Å². The Balaban J connectivity index is 1.76. The Morgan fingerprint density at radius 2 is 1.89 bits per heavy atom. The summed E-state index contributed by atoms with van der Waals surface area (Å²) in [5, 5.41) is 19.4. The first-order valence-electron chi connectivity index (χ1n) is 8.46. The third-order valence-electron chi connectivity index (χ3n) is 4.59. The first-order chi connectivity index (χ1) is 13.3. The van der Waals surface area contributed by atoms with Gasteiger partial charge in [0.05, 0.1) is 18.9 Å². The molecular formula is C20H15N5O2. The van der Waals surface area contributed by atoms with Gasteiger partial charge < -0.3 is 9.26 Å². The zero-order chi connectivity index (χ0) is 18.4. The van der Waals surface area contributed by atoms with Gasteiger partial charge >= 0.3 is 0 Å². The van der Waals surface area contributed by atoms with Crippen molar-refractivity contribution in [3.05, 3.63) is 60.5 Å². The van der Waals surface area contributed by atoms with Gasteiger partial charge in [-0.15, -0.1) is 10.2 Å². The van der Waals surface area contributed by atoms with Crippen LogP contribution in [0, 0.1) is 6.92 Å². The fraction of sp³-hybridized carbons (Fsp3) is 0.100. The number of rotatable bonds is 3. The second-order valence-electron chi connectivity index (χ2n) is 6.19. The first kappa shape index (κ1) is 15.5. The molecule has 0 aliphatic carbocycles. The number of ether oxygens (including phenoxy) is 1. The van der Waals surface area contributed by atoms with E-state index in [0.29, 0.717) is 17.2 Å². The predicted octanol–water partition coefficient (Wildman–Crippen LogP) is 3.92. The summed E-state index contributed by atoms with van der Waals surface area (Å²) in [5.74, 6) is 2.04. The van der Waals surface area contributed by atoms with E-state index in [1.54, 1.807) is 17.8 Å². The van der Waals surface area contributed by atoms with Crippen LogP contribution >= 0.6 is 0 Å². The molecule has 0 N–H and O–H groups in total. The largest absolute Gasteiger partial charge is 0.497 e.